The summed E-state index contributed by atoms with van der Waals surface area (Å²) >= 11 is 0. The summed E-state index contributed by atoms with van der Waals surface area (Å²) in [5, 5.41) is 37.5. The van der Waals surface area contributed by atoms with E-state index in [1.165, 1.54) is 6.08 Å². The first-order valence-electron chi connectivity index (χ1n) is 16.4. The lowest BCUT2D eigenvalue weighted by atomic mass is 9.78. The minimum atomic E-state index is -1.09. The molecule has 7 atom stereocenters. The summed E-state index contributed by atoms with van der Waals surface area (Å²) in [4.78, 5) is 46.0. The Morgan fingerprint density at radius 3 is 2.30 bits per heavy atom. The highest BCUT2D eigenvalue weighted by molar-refractivity contribution is 5.81. The van der Waals surface area contributed by atoms with Crippen molar-refractivity contribution in [3.05, 3.63) is 59.8 Å². The third kappa shape index (κ3) is 13.2. The van der Waals surface area contributed by atoms with Crippen LogP contribution < -0.4 is 0 Å². The quantitative estimate of drug-likeness (QED) is 0.0802. The summed E-state index contributed by atoms with van der Waals surface area (Å²) in [7, 11) is 0. The fourth-order valence-electron chi connectivity index (χ4n) is 5.81. The van der Waals surface area contributed by atoms with E-state index >= 15 is 0 Å². The highest BCUT2D eigenvalue weighted by Gasteiger charge is 2.54. The van der Waals surface area contributed by atoms with Crippen LogP contribution in [0, 0.1) is 11.8 Å². The van der Waals surface area contributed by atoms with Crippen LogP contribution in [0.5, 0.6) is 0 Å². The largest absolute Gasteiger partial charge is 0.481 e. The molecule has 4 N–H and O–H groups in total. The first-order chi connectivity index (χ1) is 22.1. The lowest BCUT2D eigenvalue weighted by Gasteiger charge is -2.53. The molecule has 0 aliphatic carbocycles. The number of carboxylic acid groups (broad SMARTS) is 3. The number of unbranched alkanes of at least 4 members (excludes halogenated alkanes) is 1. The number of aliphatic carboxylic acids is 3. The zero-order chi connectivity index (χ0) is 35.2. The second-order valence-corrected chi connectivity index (χ2v) is 12.8. The number of carbonyl (C=O) groups excluding carboxylic acids is 1. The summed E-state index contributed by atoms with van der Waals surface area (Å²) in [5.74, 6) is -4.98. The van der Waals surface area contributed by atoms with Crippen LogP contribution >= 0.6 is 0 Å². The van der Waals surface area contributed by atoms with Crippen molar-refractivity contribution < 1.29 is 53.8 Å². The van der Waals surface area contributed by atoms with Crippen molar-refractivity contribution in [1.82, 2.24) is 0 Å². The molecule has 2 fully saturated rings. The predicted molar refractivity (Wildman–Crippen MR) is 175 cm³/mol. The Labute approximate surface area is 277 Å². The summed E-state index contributed by atoms with van der Waals surface area (Å²) in [6.07, 6.45) is 14.9. The molecule has 47 heavy (non-hydrogen) atoms. The van der Waals surface area contributed by atoms with Crippen molar-refractivity contribution >= 4 is 23.9 Å². The van der Waals surface area contributed by atoms with Crippen LogP contribution in [0.4, 0.5) is 0 Å². The van der Waals surface area contributed by atoms with Gasteiger partial charge in [-0.1, -0.05) is 69.2 Å². The monoisotopic (exact) mass is 660 g/mol. The fourth-order valence-corrected chi connectivity index (χ4v) is 5.81. The van der Waals surface area contributed by atoms with E-state index in [9.17, 15) is 29.4 Å². The molecule has 2 aliphatic rings. The van der Waals surface area contributed by atoms with Gasteiger partial charge in [0.25, 0.3) is 0 Å². The van der Waals surface area contributed by atoms with Crippen molar-refractivity contribution in [2.24, 2.45) is 11.8 Å². The lowest BCUT2D eigenvalue weighted by Crippen LogP contribution is -2.59. The molecule has 0 aromatic heterocycles. The number of allylic oxidation sites excluding steroid dienone is 4. The zero-order valence-electron chi connectivity index (χ0n) is 28.2. The van der Waals surface area contributed by atoms with Gasteiger partial charge in [0.05, 0.1) is 25.0 Å². The van der Waals surface area contributed by atoms with E-state index in [1.807, 2.05) is 19.9 Å². The molecule has 0 saturated carbocycles. The average molecular weight is 661 g/mol. The van der Waals surface area contributed by atoms with E-state index in [2.05, 4.69) is 6.92 Å². The Morgan fingerprint density at radius 2 is 1.66 bits per heavy atom. The average Bonchev–Trinajstić information content (AvgIpc) is 3.01. The fraction of sp³-hybridized carbons (Fsp3) is 0.611. The molecule has 11 nitrogen and oxygen atoms in total. The van der Waals surface area contributed by atoms with Gasteiger partial charge in [0, 0.05) is 30.9 Å². The molecule has 0 bridgehead atoms. The Hall–Kier alpha value is -3.54. The Balaban J connectivity index is 2.31. The van der Waals surface area contributed by atoms with Crippen molar-refractivity contribution in [1.29, 1.82) is 0 Å². The first-order valence-corrected chi connectivity index (χ1v) is 16.4. The Bertz CT molecular complexity index is 1250. The van der Waals surface area contributed by atoms with E-state index in [1.54, 1.807) is 38.2 Å². The summed E-state index contributed by atoms with van der Waals surface area (Å²) < 4.78 is 19.5. The number of aliphatic hydroxyl groups excluding tert-OH is 1. The Morgan fingerprint density at radius 1 is 0.936 bits per heavy atom. The van der Waals surface area contributed by atoms with Crippen molar-refractivity contribution in [2.75, 3.05) is 0 Å². The number of hydrogen-bond acceptors (Lipinski definition) is 8. The molecule has 2 rings (SSSR count). The van der Waals surface area contributed by atoms with Gasteiger partial charge in [-0.2, -0.15) is 0 Å². The van der Waals surface area contributed by atoms with Gasteiger partial charge in [0.15, 0.2) is 5.79 Å². The highest BCUT2D eigenvalue weighted by atomic mass is 16.7. The maximum Gasteiger partial charge on any atom is 0.328 e. The standard InChI is InChI=1S/C36H52O11/c1-6-7-19-35(47-34(44)17-16-32(40)41)21-22-36(46-30(35)14-10-25(3)23-33(42)43)20-18-27(5)29(45-36)13-9-24(2)8-12-28(37)26(4)11-15-31(38)39/h8-12,14-15,23,26-30,37H,6-7,13,16-22H2,1-5H3,(H,38,39)(H,40,41)(H,42,43)/b12-8+,14-10+,15-11+,24-9+,25-23+/t26?,27-,28-,29+,30-,35+,36-/m0/s1. The van der Waals surface area contributed by atoms with Crippen molar-refractivity contribution in [3.8, 4) is 0 Å². The number of carboxylic acids is 3. The molecule has 262 valence electrons. The van der Waals surface area contributed by atoms with Gasteiger partial charge in [-0.25, -0.2) is 9.59 Å². The molecular formula is C36H52O11. The molecule has 11 heteroatoms. The number of rotatable bonds is 17. The summed E-state index contributed by atoms with van der Waals surface area (Å²) in [6, 6.07) is 0. The van der Waals surface area contributed by atoms with E-state index in [-0.39, 0.29) is 30.8 Å². The topological polar surface area (TPSA) is 177 Å². The van der Waals surface area contributed by atoms with E-state index in [0.717, 1.165) is 37.0 Å². The number of ether oxygens (including phenoxy) is 3. The van der Waals surface area contributed by atoms with Gasteiger partial charge in [-0.05, 0) is 57.4 Å². The van der Waals surface area contributed by atoms with Gasteiger partial charge >= 0.3 is 23.9 Å². The summed E-state index contributed by atoms with van der Waals surface area (Å²) in [5.41, 5.74) is 0.314. The predicted octanol–water partition coefficient (Wildman–Crippen LogP) is 6.13. The van der Waals surface area contributed by atoms with Crippen LogP contribution in [0.1, 0.15) is 98.8 Å². The second-order valence-electron chi connectivity index (χ2n) is 12.8. The van der Waals surface area contributed by atoms with Crippen LogP contribution in [0.15, 0.2) is 59.8 Å². The first kappa shape index (κ1) is 39.6. The third-order valence-electron chi connectivity index (χ3n) is 8.78. The number of aliphatic hydroxyl groups is 1. The number of esters is 1. The third-order valence-corrected chi connectivity index (χ3v) is 8.78. The van der Waals surface area contributed by atoms with Crippen LogP contribution in [-0.4, -0.2) is 74.0 Å². The molecule has 0 aromatic carbocycles. The van der Waals surface area contributed by atoms with E-state index in [4.69, 9.17) is 24.4 Å². The van der Waals surface area contributed by atoms with Crippen molar-refractivity contribution in [2.45, 2.75) is 129 Å². The number of carbonyl (C=O) groups is 4. The zero-order valence-corrected chi connectivity index (χ0v) is 28.2. The molecule has 2 heterocycles. The molecular weight excluding hydrogens is 608 g/mol. The molecule has 0 aromatic rings. The molecule has 0 amide bonds. The maximum atomic E-state index is 12.9. The van der Waals surface area contributed by atoms with Crippen LogP contribution in [0.3, 0.4) is 0 Å². The van der Waals surface area contributed by atoms with Gasteiger partial charge in [0.2, 0.25) is 0 Å². The highest BCUT2D eigenvalue weighted by Crippen LogP contribution is 2.48. The van der Waals surface area contributed by atoms with Gasteiger partial charge in [0.1, 0.15) is 11.7 Å². The minimum absolute atomic E-state index is 0.186. The second kappa shape index (κ2) is 18.7. The normalized spacial score (nSPS) is 28.6. The maximum absolute atomic E-state index is 12.9. The molecule has 2 aliphatic heterocycles. The van der Waals surface area contributed by atoms with Gasteiger partial charge in [-0.15, -0.1) is 0 Å². The lowest BCUT2D eigenvalue weighted by molar-refractivity contribution is -0.344. The van der Waals surface area contributed by atoms with Crippen molar-refractivity contribution in [3.63, 3.8) is 0 Å². The molecule has 1 spiro atoms. The van der Waals surface area contributed by atoms with Gasteiger partial charge < -0.3 is 34.6 Å². The van der Waals surface area contributed by atoms with E-state index < -0.39 is 47.5 Å². The SMILES string of the molecule is CCCC[C@@]1(OC(=O)CCC(=O)O)CC[C@]2(CC[C@H](C)[C@@H](C/C=C(C)/C=C/[C@H](O)C(C)/C=C/C(=O)O)O2)O[C@H]1/C=C/C(C)=C/C(=O)O. The smallest absolute Gasteiger partial charge is 0.328 e. The Kier molecular flexibility index (Phi) is 15.8. The van der Waals surface area contributed by atoms with Gasteiger partial charge in [-0.3, -0.25) is 9.59 Å². The molecule has 2 saturated heterocycles. The number of hydrogen-bond donors (Lipinski definition) is 4. The van der Waals surface area contributed by atoms with Crippen LogP contribution in [0.25, 0.3) is 0 Å². The molecule has 1 unspecified atom stereocenters. The minimum Gasteiger partial charge on any atom is -0.481 e. The van der Waals surface area contributed by atoms with E-state index in [0.29, 0.717) is 37.7 Å². The summed E-state index contributed by atoms with van der Waals surface area (Å²) in [6.45, 7) is 9.44. The van der Waals surface area contributed by atoms with Crippen LogP contribution in [-0.2, 0) is 33.4 Å². The van der Waals surface area contributed by atoms with Crippen LogP contribution in [0.2, 0.25) is 0 Å². The molecule has 0 radical (unpaired) electrons.